The zero-order chi connectivity index (χ0) is 10.5. The van der Waals surface area contributed by atoms with E-state index in [1.807, 2.05) is 13.8 Å². The Labute approximate surface area is 81.2 Å². The van der Waals surface area contributed by atoms with Gasteiger partial charge in [0.2, 0.25) is 0 Å². The van der Waals surface area contributed by atoms with Crippen molar-refractivity contribution in [3.63, 3.8) is 0 Å². The van der Waals surface area contributed by atoms with Crippen molar-refractivity contribution in [2.24, 2.45) is 0 Å². The fraction of sp³-hybridized carbons (Fsp3) is 1.00. The van der Waals surface area contributed by atoms with Crippen LogP contribution in [0.1, 0.15) is 26.7 Å². The van der Waals surface area contributed by atoms with Crippen LogP contribution in [-0.2, 0) is 14.4 Å². The highest BCUT2D eigenvalue weighted by Crippen LogP contribution is 2.47. The maximum Gasteiger partial charge on any atom is 0.154 e. The molecule has 0 saturated heterocycles. The summed E-state index contributed by atoms with van der Waals surface area (Å²) in [4.78, 5) is 0. The van der Waals surface area contributed by atoms with E-state index in [-0.39, 0.29) is 5.49 Å². The van der Waals surface area contributed by atoms with Crippen LogP contribution in [0.3, 0.4) is 0 Å². The number of rotatable bonds is 6. The molecule has 0 aliphatic carbocycles. The number of sulfone groups is 1. The molecule has 0 aliphatic rings. The highest BCUT2D eigenvalue weighted by atomic mass is 32.2. The van der Waals surface area contributed by atoms with E-state index in [4.69, 9.17) is 0 Å². The molecule has 0 aromatic carbocycles. The first-order chi connectivity index (χ1) is 5.83. The molecule has 13 heavy (non-hydrogen) atoms. The van der Waals surface area contributed by atoms with Gasteiger partial charge in [-0.1, -0.05) is 13.8 Å². The minimum Gasteiger partial charge on any atom is -0.323 e. The second-order valence-corrected chi connectivity index (χ2v) is 9.46. The van der Waals surface area contributed by atoms with E-state index in [9.17, 15) is 13.0 Å². The molecule has 0 amide bonds. The summed E-state index contributed by atoms with van der Waals surface area (Å²) in [5, 5.41) is 0. The van der Waals surface area contributed by atoms with Gasteiger partial charge in [0.25, 0.3) is 0 Å². The van der Waals surface area contributed by atoms with Crippen LogP contribution in [0, 0.1) is 0 Å². The Hall–Kier alpha value is 0.180. The molecule has 0 rings (SSSR count). The first-order valence-corrected chi connectivity index (χ1v) is 8.90. The quantitative estimate of drug-likeness (QED) is 0.652. The lowest BCUT2D eigenvalue weighted by atomic mass is 10.6. The molecular weight excluding hydrogens is 207 g/mol. The van der Waals surface area contributed by atoms with Crippen molar-refractivity contribution in [2.75, 3.05) is 24.1 Å². The van der Waals surface area contributed by atoms with E-state index in [1.165, 1.54) is 0 Å². The standard InChI is InChI=1S/C8H19O3PS/c1-4-6-12(9,7-5-2)8-13(3,10)11/h4-8H2,1-3H3. The summed E-state index contributed by atoms with van der Waals surface area (Å²) in [5.74, 6) is 0. The zero-order valence-corrected chi connectivity index (χ0v) is 10.3. The third kappa shape index (κ3) is 6.28. The Bertz CT molecular complexity index is 272. The van der Waals surface area contributed by atoms with Crippen molar-refractivity contribution >= 4 is 17.0 Å². The van der Waals surface area contributed by atoms with Crippen LogP contribution in [0.15, 0.2) is 0 Å². The first kappa shape index (κ1) is 13.2. The van der Waals surface area contributed by atoms with Crippen molar-refractivity contribution in [1.29, 1.82) is 0 Å². The molecular formula is C8H19O3PS. The van der Waals surface area contributed by atoms with Gasteiger partial charge in [-0.15, -0.1) is 0 Å². The molecule has 0 radical (unpaired) electrons. The Kier molecular flexibility index (Phi) is 5.23. The average molecular weight is 226 g/mol. The number of hydrogen-bond donors (Lipinski definition) is 0. The van der Waals surface area contributed by atoms with Gasteiger partial charge in [-0.3, -0.25) is 0 Å². The predicted molar refractivity (Wildman–Crippen MR) is 57.6 cm³/mol. The van der Waals surface area contributed by atoms with Crippen molar-refractivity contribution in [3.8, 4) is 0 Å². The maximum atomic E-state index is 12.0. The minimum atomic E-state index is -3.09. The molecule has 0 heterocycles. The lowest BCUT2D eigenvalue weighted by molar-refractivity contribution is 0.572. The Morgan fingerprint density at radius 1 is 1.08 bits per heavy atom. The maximum absolute atomic E-state index is 12.0. The monoisotopic (exact) mass is 226 g/mol. The van der Waals surface area contributed by atoms with Gasteiger partial charge in [-0.05, 0) is 12.8 Å². The molecule has 5 heteroatoms. The summed E-state index contributed by atoms with van der Waals surface area (Å²) in [5.41, 5.74) is -0.109. The van der Waals surface area contributed by atoms with E-state index in [1.54, 1.807) is 0 Å². The molecule has 80 valence electrons. The fourth-order valence-electron chi connectivity index (χ4n) is 1.48. The summed E-state index contributed by atoms with van der Waals surface area (Å²) in [6, 6.07) is 0. The first-order valence-electron chi connectivity index (χ1n) is 4.58. The third-order valence-corrected chi connectivity index (χ3v) is 8.01. The van der Waals surface area contributed by atoms with Gasteiger partial charge in [0, 0.05) is 18.6 Å². The van der Waals surface area contributed by atoms with Crippen LogP contribution in [0.4, 0.5) is 0 Å². The minimum absolute atomic E-state index is 0.109. The molecule has 0 aromatic heterocycles. The summed E-state index contributed by atoms with van der Waals surface area (Å²) in [6.07, 6.45) is 3.88. The van der Waals surface area contributed by atoms with Crippen LogP contribution in [0.25, 0.3) is 0 Å². The molecule has 0 spiro atoms. The molecule has 0 atom stereocenters. The van der Waals surface area contributed by atoms with Crippen LogP contribution >= 0.6 is 7.14 Å². The second kappa shape index (κ2) is 5.16. The zero-order valence-electron chi connectivity index (χ0n) is 8.62. The van der Waals surface area contributed by atoms with Crippen molar-refractivity contribution in [3.05, 3.63) is 0 Å². The Balaban J connectivity index is 4.51. The van der Waals surface area contributed by atoms with E-state index >= 15 is 0 Å². The molecule has 3 nitrogen and oxygen atoms in total. The second-order valence-electron chi connectivity index (χ2n) is 3.56. The van der Waals surface area contributed by atoms with Gasteiger partial charge < -0.3 is 4.57 Å². The van der Waals surface area contributed by atoms with Crippen LogP contribution in [0.5, 0.6) is 0 Å². The van der Waals surface area contributed by atoms with Crippen LogP contribution in [-0.4, -0.2) is 32.5 Å². The molecule has 0 bridgehead atoms. The lowest BCUT2D eigenvalue weighted by Crippen LogP contribution is -2.08. The summed E-state index contributed by atoms with van der Waals surface area (Å²) >= 11 is 0. The van der Waals surface area contributed by atoms with E-state index < -0.39 is 17.0 Å². The van der Waals surface area contributed by atoms with Gasteiger partial charge >= 0.3 is 0 Å². The molecule has 0 aliphatic heterocycles. The Morgan fingerprint density at radius 3 is 1.69 bits per heavy atom. The molecule has 0 saturated carbocycles. The normalized spacial score (nSPS) is 13.2. The molecule has 0 N–H and O–H groups in total. The van der Waals surface area contributed by atoms with Gasteiger partial charge in [0.1, 0.15) is 12.6 Å². The lowest BCUT2D eigenvalue weighted by Gasteiger charge is -2.15. The van der Waals surface area contributed by atoms with Crippen LogP contribution < -0.4 is 0 Å². The average Bonchev–Trinajstić information content (AvgIpc) is 1.82. The van der Waals surface area contributed by atoms with Crippen molar-refractivity contribution in [2.45, 2.75) is 26.7 Å². The number of hydrogen-bond acceptors (Lipinski definition) is 3. The topological polar surface area (TPSA) is 51.2 Å². The van der Waals surface area contributed by atoms with Crippen molar-refractivity contribution in [1.82, 2.24) is 0 Å². The molecule has 0 aromatic rings. The largest absolute Gasteiger partial charge is 0.323 e. The highest BCUT2D eigenvalue weighted by Gasteiger charge is 2.24. The fourth-order valence-corrected chi connectivity index (χ4v) is 7.79. The predicted octanol–water partition coefficient (Wildman–Crippen LogP) is 2.17. The van der Waals surface area contributed by atoms with E-state index in [0.29, 0.717) is 12.3 Å². The van der Waals surface area contributed by atoms with Crippen LogP contribution in [0.2, 0.25) is 0 Å². The summed E-state index contributed by atoms with van der Waals surface area (Å²) in [7, 11) is -5.52. The highest BCUT2D eigenvalue weighted by molar-refractivity contribution is 7.98. The van der Waals surface area contributed by atoms with Crippen molar-refractivity contribution < 1.29 is 13.0 Å². The summed E-state index contributed by atoms with van der Waals surface area (Å²) in [6.45, 7) is 3.87. The molecule has 0 fully saturated rings. The Morgan fingerprint density at radius 2 is 1.46 bits per heavy atom. The van der Waals surface area contributed by atoms with Gasteiger partial charge in [0.15, 0.2) is 9.84 Å². The third-order valence-electron chi connectivity index (χ3n) is 1.73. The van der Waals surface area contributed by atoms with Gasteiger partial charge in [-0.25, -0.2) is 8.42 Å². The van der Waals surface area contributed by atoms with E-state index in [0.717, 1.165) is 19.1 Å². The van der Waals surface area contributed by atoms with Gasteiger partial charge in [-0.2, -0.15) is 0 Å². The molecule has 0 unspecified atom stereocenters. The summed E-state index contributed by atoms with van der Waals surface area (Å²) < 4.78 is 34.1. The SMILES string of the molecule is CCCP(=O)(CCC)CS(C)(=O)=O. The smallest absolute Gasteiger partial charge is 0.154 e. The van der Waals surface area contributed by atoms with E-state index in [2.05, 4.69) is 0 Å². The van der Waals surface area contributed by atoms with Gasteiger partial charge in [0.05, 0.1) is 0 Å².